The number of fused-ring (bicyclic) bond motifs is 1. The van der Waals surface area contributed by atoms with Crippen LogP contribution in [0.15, 0.2) is 18.2 Å². The van der Waals surface area contributed by atoms with Crippen molar-refractivity contribution in [3.05, 3.63) is 29.3 Å². The van der Waals surface area contributed by atoms with Gasteiger partial charge in [-0.2, -0.15) is 0 Å². The molecule has 0 spiro atoms. The number of anilines is 1. The number of likely N-dealkylation sites (N-methyl/N-ethyl adjacent to an activating group) is 1. The second-order valence-corrected chi connectivity index (χ2v) is 6.30. The van der Waals surface area contributed by atoms with Crippen molar-refractivity contribution in [3.8, 4) is 0 Å². The maximum Gasteiger partial charge on any atom is 0.253 e. The van der Waals surface area contributed by atoms with Crippen LogP contribution in [0.2, 0.25) is 0 Å². The molecule has 0 radical (unpaired) electrons. The predicted molar refractivity (Wildman–Crippen MR) is 92.1 cm³/mol. The number of ether oxygens (including phenoxy) is 1. The number of para-hydroxylation sites is 1. The lowest BCUT2D eigenvalue weighted by atomic mass is 9.99. The van der Waals surface area contributed by atoms with Crippen LogP contribution in [0, 0.1) is 0 Å². The highest BCUT2D eigenvalue weighted by Crippen LogP contribution is 2.25. The fourth-order valence-electron chi connectivity index (χ4n) is 3.38. The molecule has 0 saturated carbocycles. The third kappa shape index (κ3) is 4.03. The fourth-order valence-corrected chi connectivity index (χ4v) is 3.38. The summed E-state index contributed by atoms with van der Waals surface area (Å²) in [5.74, 6) is 0.0133. The molecule has 2 N–H and O–H groups in total. The first-order chi connectivity index (χ1) is 11.3. The molecule has 2 aliphatic rings. The van der Waals surface area contributed by atoms with Gasteiger partial charge >= 0.3 is 0 Å². The summed E-state index contributed by atoms with van der Waals surface area (Å²) in [6.07, 6.45) is 3.27. The molecule has 1 fully saturated rings. The molecular weight excluding hydrogens is 290 g/mol. The molecule has 0 bridgehead atoms. The van der Waals surface area contributed by atoms with Gasteiger partial charge in [0.1, 0.15) is 0 Å². The molecule has 126 valence electrons. The second-order valence-electron chi connectivity index (χ2n) is 6.30. The van der Waals surface area contributed by atoms with Gasteiger partial charge in [-0.1, -0.05) is 19.1 Å². The van der Waals surface area contributed by atoms with Crippen LogP contribution in [0.3, 0.4) is 0 Å². The number of amides is 1. The van der Waals surface area contributed by atoms with Crippen molar-refractivity contribution in [1.29, 1.82) is 0 Å². The van der Waals surface area contributed by atoms with Gasteiger partial charge in [-0.25, -0.2) is 0 Å². The second kappa shape index (κ2) is 7.79. The van der Waals surface area contributed by atoms with Gasteiger partial charge in [-0.15, -0.1) is 0 Å². The Morgan fingerprint density at radius 1 is 1.48 bits per heavy atom. The van der Waals surface area contributed by atoms with Crippen molar-refractivity contribution in [3.63, 3.8) is 0 Å². The Kier molecular flexibility index (Phi) is 5.51. The van der Waals surface area contributed by atoms with E-state index in [9.17, 15) is 4.79 Å². The van der Waals surface area contributed by atoms with E-state index < -0.39 is 0 Å². The topological polar surface area (TPSA) is 53.6 Å². The number of morpholine rings is 1. The quantitative estimate of drug-likeness (QED) is 0.871. The third-order valence-electron chi connectivity index (χ3n) is 4.74. The summed E-state index contributed by atoms with van der Waals surface area (Å²) in [7, 11) is 0. The van der Waals surface area contributed by atoms with Crippen LogP contribution in [0.5, 0.6) is 0 Å². The Hall–Kier alpha value is -1.59. The van der Waals surface area contributed by atoms with E-state index in [1.807, 2.05) is 12.1 Å². The summed E-state index contributed by atoms with van der Waals surface area (Å²) in [5, 5.41) is 6.42. The van der Waals surface area contributed by atoms with Gasteiger partial charge in [0.05, 0.1) is 24.0 Å². The van der Waals surface area contributed by atoms with E-state index in [2.05, 4.69) is 28.5 Å². The van der Waals surface area contributed by atoms with Crippen LogP contribution in [0.4, 0.5) is 5.69 Å². The molecule has 1 atom stereocenters. The molecule has 1 amide bonds. The molecule has 1 unspecified atom stereocenters. The monoisotopic (exact) mass is 317 g/mol. The Morgan fingerprint density at radius 3 is 3.26 bits per heavy atom. The lowest BCUT2D eigenvalue weighted by Crippen LogP contribution is -2.43. The number of benzene rings is 1. The number of hydrogen-bond donors (Lipinski definition) is 2. The van der Waals surface area contributed by atoms with Crippen molar-refractivity contribution in [2.45, 2.75) is 32.3 Å². The highest BCUT2D eigenvalue weighted by atomic mass is 16.5. The third-order valence-corrected chi connectivity index (χ3v) is 4.74. The Morgan fingerprint density at radius 2 is 2.39 bits per heavy atom. The van der Waals surface area contributed by atoms with Crippen LogP contribution < -0.4 is 10.6 Å². The largest absolute Gasteiger partial charge is 0.384 e. The normalized spacial score (nSPS) is 21.3. The molecule has 1 saturated heterocycles. The Labute approximate surface area is 138 Å². The number of carbonyl (C=O) groups is 1. The van der Waals surface area contributed by atoms with Crippen LogP contribution in [0.25, 0.3) is 0 Å². The van der Waals surface area contributed by atoms with Crippen LogP contribution in [-0.4, -0.2) is 56.2 Å². The summed E-state index contributed by atoms with van der Waals surface area (Å²) in [6, 6.07) is 5.99. The smallest absolute Gasteiger partial charge is 0.253 e. The summed E-state index contributed by atoms with van der Waals surface area (Å²) in [5.41, 5.74) is 3.03. The molecule has 1 aromatic rings. The SMILES string of the molecule is CCN1CCOC(CCNC(=O)c2cccc3c2NCCC3)C1. The number of rotatable bonds is 5. The number of aryl methyl sites for hydroxylation is 1. The van der Waals surface area contributed by atoms with Crippen molar-refractivity contribution in [1.82, 2.24) is 10.2 Å². The lowest BCUT2D eigenvalue weighted by molar-refractivity contribution is -0.0296. The highest BCUT2D eigenvalue weighted by molar-refractivity contribution is 6.00. The van der Waals surface area contributed by atoms with E-state index in [0.29, 0.717) is 6.54 Å². The molecule has 3 rings (SSSR count). The predicted octanol–water partition coefficient (Wildman–Crippen LogP) is 1.89. The minimum atomic E-state index is 0.0133. The number of carbonyl (C=O) groups excluding carboxylic acids is 1. The summed E-state index contributed by atoms with van der Waals surface area (Å²) >= 11 is 0. The molecule has 0 aliphatic carbocycles. The van der Waals surface area contributed by atoms with Gasteiger partial charge < -0.3 is 15.4 Å². The maximum absolute atomic E-state index is 12.5. The van der Waals surface area contributed by atoms with E-state index in [0.717, 1.165) is 63.3 Å². The molecule has 2 aliphatic heterocycles. The fraction of sp³-hybridized carbons (Fsp3) is 0.611. The zero-order valence-corrected chi connectivity index (χ0v) is 13.9. The average molecular weight is 317 g/mol. The van der Waals surface area contributed by atoms with Crippen molar-refractivity contribution in [2.24, 2.45) is 0 Å². The van der Waals surface area contributed by atoms with Crippen LogP contribution in [-0.2, 0) is 11.2 Å². The minimum Gasteiger partial charge on any atom is -0.384 e. The lowest BCUT2D eigenvalue weighted by Gasteiger charge is -2.32. The molecular formula is C18H27N3O2. The van der Waals surface area contributed by atoms with Gasteiger partial charge in [0.25, 0.3) is 5.91 Å². The zero-order valence-electron chi connectivity index (χ0n) is 13.9. The van der Waals surface area contributed by atoms with E-state index in [1.165, 1.54) is 5.56 Å². The Balaban J connectivity index is 1.52. The molecule has 5 nitrogen and oxygen atoms in total. The van der Waals surface area contributed by atoms with E-state index in [1.54, 1.807) is 0 Å². The number of hydrogen-bond acceptors (Lipinski definition) is 4. The number of nitrogens with zero attached hydrogens (tertiary/aromatic N) is 1. The standard InChI is InChI=1S/C18H27N3O2/c1-2-21-11-12-23-15(13-21)8-10-20-18(22)16-7-3-5-14-6-4-9-19-17(14)16/h3,5,7,15,19H,2,4,6,8-13H2,1H3,(H,20,22). The van der Waals surface area contributed by atoms with Crippen LogP contribution in [0.1, 0.15) is 35.7 Å². The van der Waals surface area contributed by atoms with Crippen molar-refractivity contribution < 1.29 is 9.53 Å². The summed E-state index contributed by atoms with van der Waals surface area (Å²) in [4.78, 5) is 14.9. The average Bonchev–Trinajstić information content (AvgIpc) is 2.61. The van der Waals surface area contributed by atoms with Gasteiger partial charge in [-0.3, -0.25) is 9.69 Å². The first-order valence-corrected chi connectivity index (χ1v) is 8.76. The first kappa shape index (κ1) is 16.3. The van der Waals surface area contributed by atoms with Crippen molar-refractivity contribution in [2.75, 3.05) is 44.6 Å². The first-order valence-electron chi connectivity index (χ1n) is 8.76. The molecule has 1 aromatic carbocycles. The molecule has 5 heteroatoms. The minimum absolute atomic E-state index is 0.0133. The molecule has 2 heterocycles. The maximum atomic E-state index is 12.5. The zero-order chi connectivity index (χ0) is 16.1. The van der Waals surface area contributed by atoms with Gasteiger partial charge in [0.15, 0.2) is 0 Å². The van der Waals surface area contributed by atoms with Gasteiger partial charge in [-0.05, 0) is 37.4 Å². The molecule has 23 heavy (non-hydrogen) atoms. The van der Waals surface area contributed by atoms with Crippen LogP contribution >= 0.6 is 0 Å². The van der Waals surface area contributed by atoms with E-state index in [4.69, 9.17) is 4.74 Å². The number of nitrogens with one attached hydrogen (secondary N) is 2. The molecule has 0 aromatic heterocycles. The van der Waals surface area contributed by atoms with Crippen molar-refractivity contribution >= 4 is 11.6 Å². The highest BCUT2D eigenvalue weighted by Gasteiger charge is 2.20. The summed E-state index contributed by atoms with van der Waals surface area (Å²) < 4.78 is 5.78. The van der Waals surface area contributed by atoms with E-state index in [-0.39, 0.29) is 12.0 Å². The van der Waals surface area contributed by atoms with Gasteiger partial charge in [0, 0.05) is 26.2 Å². The summed E-state index contributed by atoms with van der Waals surface area (Å²) in [6.45, 7) is 7.62. The Bertz CT molecular complexity index is 547. The van der Waals surface area contributed by atoms with E-state index >= 15 is 0 Å². The van der Waals surface area contributed by atoms with Gasteiger partial charge in [0.2, 0.25) is 0 Å².